The van der Waals surface area contributed by atoms with Gasteiger partial charge in [0.25, 0.3) is 0 Å². The minimum Gasteiger partial charge on any atom is -0.321 e. The van der Waals surface area contributed by atoms with E-state index in [2.05, 4.69) is 47.1 Å². The van der Waals surface area contributed by atoms with Gasteiger partial charge in [-0.3, -0.25) is 0 Å². The van der Waals surface area contributed by atoms with Crippen molar-refractivity contribution in [2.24, 2.45) is 0 Å². The van der Waals surface area contributed by atoms with Crippen molar-refractivity contribution in [1.29, 1.82) is 0 Å². The van der Waals surface area contributed by atoms with E-state index in [1.807, 2.05) is 0 Å². The fraction of sp³-hybridized carbons (Fsp3) is 0. The number of anilines is 2. The molecular weight excluding hydrogens is 341 g/mol. The van der Waals surface area contributed by atoms with Crippen LogP contribution in [0.4, 0.5) is 16.0 Å². The van der Waals surface area contributed by atoms with E-state index < -0.39 is 0 Å². The second-order valence-electron chi connectivity index (χ2n) is 2.95. The molecule has 2 aromatic rings. The van der Waals surface area contributed by atoms with E-state index in [9.17, 15) is 4.39 Å². The highest BCUT2D eigenvalue weighted by Gasteiger charge is 2.07. The van der Waals surface area contributed by atoms with Crippen molar-refractivity contribution >= 4 is 43.5 Å². The Morgan fingerprint density at radius 3 is 2.44 bits per heavy atom. The van der Waals surface area contributed by atoms with Gasteiger partial charge >= 0.3 is 0 Å². The van der Waals surface area contributed by atoms with E-state index in [4.69, 9.17) is 0 Å². The Morgan fingerprint density at radius 2 is 1.81 bits per heavy atom. The largest absolute Gasteiger partial charge is 0.321 e. The zero-order valence-corrected chi connectivity index (χ0v) is 11.1. The van der Waals surface area contributed by atoms with Gasteiger partial charge < -0.3 is 5.32 Å². The van der Waals surface area contributed by atoms with Crippen molar-refractivity contribution < 1.29 is 4.39 Å². The summed E-state index contributed by atoms with van der Waals surface area (Å²) in [4.78, 5) is 8.00. The Hall–Kier alpha value is -1.01. The van der Waals surface area contributed by atoms with E-state index in [1.54, 1.807) is 24.5 Å². The van der Waals surface area contributed by atoms with Crippen molar-refractivity contribution in [3.05, 3.63) is 45.4 Å². The Kier molecular flexibility index (Phi) is 3.50. The number of nitrogens with one attached hydrogen (secondary N) is 1. The third-order valence-electron chi connectivity index (χ3n) is 1.82. The van der Waals surface area contributed by atoms with Gasteiger partial charge in [-0.05, 0) is 44.0 Å². The summed E-state index contributed by atoms with van der Waals surface area (Å²) in [5.41, 5.74) is 0.324. The quantitative estimate of drug-likeness (QED) is 0.896. The molecule has 0 fully saturated rings. The molecular formula is C10H6Br2FN3. The second kappa shape index (κ2) is 4.88. The van der Waals surface area contributed by atoms with E-state index in [-0.39, 0.29) is 5.82 Å². The fourth-order valence-corrected chi connectivity index (χ4v) is 1.75. The Morgan fingerprint density at radius 1 is 1.12 bits per heavy atom. The van der Waals surface area contributed by atoms with Crippen LogP contribution in [0.2, 0.25) is 0 Å². The smallest absolute Gasteiger partial charge is 0.227 e. The maximum absolute atomic E-state index is 13.5. The van der Waals surface area contributed by atoms with Gasteiger partial charge in [0, 0.05) is 16.9 Å². The zero-order chi connectivity index (χ0) is 11.5. The van der Waals surface area contributed by atoms with Gasteiger partial charge in [0.1, 0.15) is 5.82 Å². The molecule has 0 unspecified atom stereocenters. The summed E-state index contributed by atoms with van der Waals surface area (Å²) in [7, 11) is 0. The molecule has 3 nitrogen and oxygen atoms in total. The second-order valence-corrected chi connectivity index (χ2v) is 4.72. The van der Waals surface area contributed by atoms with Crippen molar-refractivity contribution in [2.75, 3.05) is 5.32 Å². The number of nitrogens with zero attached hydrogens (tertiary/aromatic N) is 2. The van der Waals surface area contributed by atoms with Gasteiger partial charge in [0.2, 0.25) is 5.95 Å². The standard InChI is InChI=1S/C10H6Br2FN3/c11-6-4-14-10(15-5-6)16-9-7(12)2-1-3-8(9)13/h1-5H,(H,14,15,16). The first-order valence-electron chi connectivity index (χ1n) is 4.35. The maximum Gasteiger partial charge on any atom is 0.227 e. The van der Waals surface area contributed by atoms with Crippen LogP contribution in [0.3, 0.4) is 0 Å². The zero-order valence-electron chi connectivity index (χ0n) is 7.92. The Balaban J connectivity index is 2.30. The summed E-state index contributed by atoms with van der Waals surface area (Å²) in [6.07, 6.45) is 3.17. The summed E-state index contributed by atoms with van der Waals surface area (Å²) in [5.74, 6) is -0.0186. The summed E-state index contributed by atoms with van der Waals surface area (Å²) in [5, 5.41) is 2.80. The van der Waals surface area contributed by atoms with Crippen molar-refractivity contribution in [1.82, 2.24) is 9.97 Å². The molecule has 0 spiro atoms. The first kappa shape index (κ1) is 11.5. The Labute approximate surface area is 108 Å². The highest BCUT2D eigenvalue weighted by atomic mass is 79.9. The lowest BCUT2D eigenvalue weighted by Gasteiger charge is -2.07. The normalized spacial score (nSPS) is 10.2. The van der Waals surface area contributed by atoms with E-state index >= 15 is 0 Å². The number of halogens is 3. The molecule has 0 saturated carbocycles. The Bertz CT molecular complexity index is 482. The fourth-order valence-electron chi connectivity index (χ4n) is 1.11. The molecule has 0 saturated heterocycles. The number of hydrogen-bond acceptors (Lipinski definition) is 3. The highest BCUT2D eigenvalue weighted by molar-refractivity contribution is 9.10. The summed E-state index contributed by atoms with van der Waals surface area (Å²) >= 11 is 6.48. The average Bonchev–Trinajstić information content (AvgIpc) is 2.26. The van der Waals surface area contributed by atoms with Crippen LogP contribution < -0.4 is 5.32 Å². The van der Waals surface area contributed by atoms with Gasteiger partial charge in [-0.25, -0.2) is 14.4 Å². The molecule has 1 aromatic carbocycles. The van der Waals surface area contributed by atoms with Crippen LogP contribution >= 0.6 is 31.9 Å². The summed E-state index contributed by atoms with van der Waals surface area (Å²) in [6.45, 7) is 0. The molecule has 0 radical (unpaired) electrons. The van der Waals surface area contributed by atoms with Crippen LogP contribution in [0.5, 0.6) is 0 Å². The van der Waals surface area contributed by atoms with Gasteiger partial charge in [-0.2, -0.15) is 0 Å². The highest BCUT2D eigenvalue weighted by Crippen LogP contribution is 2.27. The predicted octanol–water partition coefficient (Wildman–Crippen LogP) is 3.88. The molecule has 16 heavy (non-hydrogen) atoms. The van der Waals surface area contributed by atoms with Crippen LogP contribution in [0.1, 0.15) is 0 Å². The molecule has 0 aliphatic carbocycles. The lowest BCUT2D eigenvalue weighted by molar-refractivity contribution is 0.631. The molecule has 6 heteroatoms. The SMILES string of the molecule is Fc1cccc(Br)c1Nc1ncc(Br)cn1. The van der Waals surface area contributed by atoms with E-state index in [0.29, 0.717) is 16.1 Å². The van der Waals surface area contributed by atoms with E-state index in [1.165, 1.54) is 6.07 Å². The molecule has 82 valence electrons. The lowest BCUT2D eigenvalue weighted by Crippen LogP contribution is -1.99. The van der Waals surface area contributed by atoms with Crippen molar-refractivity contribution in [2.45, 2.75) is 0 Å². The van der Waals surface area contributed by atoms with Crippen molar-refractivity contribution in [3.8, 4) is 0 Å². The molecule has 0 amide bonds. The molecule has 0 atom stereocenters. The number of aromatic nitrogens is 2. The lowest BCUT2D eigenvalue weighted by atomic mass is 10.3. The molecule has 0 aliphatic heterocycles. The summed E-state index contributed by atoms with van der Waals surface area (Å²) < 4.78 is 14.9. The first-order chi connectivity index (χ1) is 7.66. The predicted molar refractivity (Wildman–Crippen MR) is 67.1 cm³/mol. The molecule has 0 aliphatic rings. The third kappa shape index (κ3) is 2.56. The summed E-state index contributed by atoms with van der Waals surface area (Å²) in [6, 6.07) is 4.73. The van der Waals surface area contributed by atoms with Crippen LogP contribution in [0.25, 0.3) is 0 Å². The molecule has 1 N–H and O–H groups in total. The monoisotopic (exact) mass is 345 g/mol. The van der Waals surface area contributed by atoms with Crippen LogP contribution in [0, 0.1) is 5.82 Å². The van der Waals surface area contributed by atoms with Crippen LogP contribution in [-0.2, 0) is 0 Å². The molecule has 1 heterocycles. The minimum absolute atomic E-state index is 0.324. The molecule has 2 rings (SSSR count). The van der Waals surface area contributed by atoms with Gasteiger partial charge in [0.15, 0.2) is 0 Å². The van der Waals surface area contributed by atoms with Crippen LogP contribution in [0.15, 0.2) is 39.5 Å². The van der Waals surface area contributed by atoms with Gasteiger partial charge in [-0.15, -0.1) is 0 Å². The third-order valence-corrected chi connectivity index (χ3v) is 2.89. The molecule has 0 bridgehead atoms. The van der Waals surface area contributed by atoms with Crippen LogP contribution in [-0.4, -0.2) is 9.97 Å². The van der Waals surface area contributed by atoms with Crippen molar-refractivity contribution in [3.63, 3.8) is 0 Å². The van der Waals surface area contributed by atoms with Gasteiger partial charge in [0.05, 0.1) is 10.2 Å². The number of para-hydroxylation sites is 1. The minimum atomic E-state index is -0.360. The average molecular weight is 347 g/mol. The maximum atomic E-state index is 13.5. The van der Waals surface area contributed by atoms with Gasteiger partial charge in [-0.1, -0.05) is 6.07 Å². The number of hydrogen-bond donors (Lipinski definition) is 1. The first-order valence-corrected chi connectivity index (χ1v) is 5.94. The molecule has 1 aromatic heterocycles. The number of benzene rings is 1. The topological polar surface area (TPSA) is 37.8 Å². The number of rotatable bonds is 2. The van der Waals surface area contributed by atoms with E-state index in [0.717, 1.165) is 4.47 Å².